The molecule has 19 heavy (non-hydrogen) atoms. The van der Waals surface area contributed by atoms with Crippen LogP contribution in [-0.2, 0) is 4.74 Å². The van der Waals surface area contributed by atoms with Gasteiger partial charge in [0.15, 0.2) is 0 Å². The van der Waals surface area contributed by atoms with Gasteiger partial charge in [-0.05, 0) is 74.8 Å². The standard InChI is InChI=1S/C16H22ClFO/c1-11-9-13(18)10-12(2)16(11)15(17)7-6-14-5-3-4-8-19-14/h9-10,14-15H,3-8H2,1-2H3. The number of halogens is 2. The number of benzene rings is 1. The van der Waals surface area contributed by atoms with Crippen molar-refractivity contribution < 1.29 is 9.13 Å². The fraction of sp³-hybridized carbons (Fsp3) is 0.625. The number of rotatable bonds is 4. The van der Waals surface area contributed by atoms with Gasteiger partial charge in [-0.2, -0.15) is 0 Å². The Hall–Kier alpha value is -0.600. The lowest BCUT2D eigenvalue weighted by atomic mass is 9.95. The van der Waals surface area contributed by atoms with Crippen LogP contribution < -0.4 is 0 Å². The average molecular weight is 285 g/mol. The van der Waals surface area contributed by atoms with E-state index in [9.17, 15) is 4.39 Å². The first-order valence-corrected chi connectivity index (χ1v) is 7.54. The summed E-state index contributed by atoms with van der Waals surface area (Å²) in [6, 6.07) is 3.13. The largest absolute Gasteiger partial charge is 0.378 e. The van der Waals surface area contributed by atoms with E-state index in [1.807, 2.05) is 13.8 Å². The third kappa shape index (κ3) is 3.93. The smallest absolute Gasteiger partial charge is 0.123 e. The lowest BCUT2D eigenvalue weighted by Gasteiger charge is -2.24. The fourth-order valence-corrected chi connectivity index (χ4v) is 3.40. The Morgan fingerprint density at radius 1 is 1.32 bits per heavy atom. The van der Waals surface area contributed by atoms with E-state index in [1.54, 1.807) is 12.1 Å². The van der Waals surface area contributed by atoms with Crippen molar-refractivity contribution in [1.29, 1.82) is 0 Å². The van der Waals surface area contributed by atoms with Gasteiger partial charge in [0.2, 0.25) is 0 Å². The molecule has 106 valence electrons. The highest BCUT2D eigenvalue weighted by molar-refractivity contribution is 6.21. The highest BCUT2D eigenvalue weighted by Crippen LogP contribution is 2.33. The van der Waals surface area contributed by atoms with E-state index in [0.717, 1.165) is 42.6 Å². The van der Waals surface area contributed by atoms with Crippen LogP contribution in [0.5, 0.6) is 0 Å². The molecular formula is C16H22ClFO. The van der Waals surface area contributed by atoms with Crippen LogP contribution in [-0.4, -0.2) is 12.7 Å². The molecule has 0 amide bonds. The second-order valence-electron chi connectivity index (χ2n) is 5.49. The van der Waals surface area contributed by atoms with Gasteiger partial charge in [-0.1, -0.05) is 0 Å². The van der Waals surface area contributed by atoms with E-state index in [-0.39, 0.29) is 11.2 Å². The highest BCUT2D eigenvalue weighted by atomic mass is 35.5. The van der Waals surface area contributed by atoms with E-state index in [2.05, 4.69) is 0 Å². The summed E-state index contributed by atoms with van der Waals surface area (Å²) in [6.45, 7) is 4.74. The lowest BCUT2D eigenvalue weighted by Crippen LogP contribution is -2.19. The molecular weight excluding hydrogens is 263 g/mol. The number of hydrogen-bond donors (Lipinski definition) is 0. The molecule has 1 saturated heterocycles. The summed E-state index contributed by atoms with van der Waals surface area (Å²) in [4.78, 5) is 0. The van der Waals surface area contributed by atoms with Crippen LogP contribution in [0, 0.1) is 19.7 Å². The van der Waals surface area contributed by atoms with Crippen molar-refractivity contribution in [1.82, 2.24) is 0 Å². The van der Waals surface area contributed by atoms with Gasteiger partial charge in [-0.3, -0.25) is 0 Å². The van der Waals surface area contributed by atoms with E-state index < -0.39 is 0 Å². The minimum Gasteiger partial charge on any atom is -0.378 e. The molecule has 1 heterocycles. The van der Waals surface area contributed by atoms with Gasteiger partial charge in [0.05, 0.1) is 11.5 Å². The second kappa shape index (κ2) is 6.71. The van der Waals surface area contributed by atoms with Crippen LogP contribution in [0.1, 0.15) is 54.2 Å². The van der Waals surface area contributed by atoms with Crippen LogP contribution >= 0.6 is 11.6 Å². The topological polar surface area (TPSA) is 9.23 Å². The summed E-state index contributed by atoms with van der Waals surface area (Å²) in [7, 11) is 0. The molecule has 0 spiro atoms. The molecule has 2 rings (SSSR count). The van der Waals surface area contributed by atoms with Crippen molar-refractivity contribution in [3.05, 3.63) is 34.6 Å². The predicted octanol–water partition coefficient (Wildman–Crippen LogP) is 5.07. The Kier molecular flexibility index (Phi) is 5.23. The predicted molar refractivity (Wildman–Crippen MR) is 77.3 cm³/mol. The van der Waals surface area contributed by atoms with E-state index in [0.29, 0.717) is 6.10 Å². The molecule has 0 radical (unpaired) electrons. The van der Waals surface area contributed by atoms with Crippen molar-refractivity contribution in [3.8, 4) is 0 Å². The second-order valence-corrected chi connectivity index (χ2v) is 6.01. The molecule has 1 aromatic carbocycles. The SMILES string of the molecule is Cc1cc(F)cc(C)c1C(Cl)CCC1CCCCO1. The van der Waals surface area contributed by atoms with Gasteiger partial charge in [0.1, 0.15) is 5.82 Å². The van der Waals surface area contributed by atoms with Gasteiger partial charge < -0.3 is 4.74 Å². The summed E-state index contributed by atoms with van der Waals surface area (Å²) in [5, 5.41) is -0.0499. The van der Waals surface area contributed by atoms with Crippen LogP contribution in [0.4, 0.5) is 4.39 Å². The maximum Gasteiger partial charge on any atom is 0.123 e. The van der Waals surface area contributed by atoms with Crippen LogP contribution in [0.2, 0.25) is 0 Å². The van der Waals surface area contributed by atoms with Crippen molar-refractivity contribution in [2.45, 2.75) is 57.4 Å². The Labute approximate surface area is 120 Å². The first-order chi connectivity index (χ1) is 9.08. The molecule has 1 aromatic rings. The Morgan fingerprint density at radius 2 is 2.00 bits per heavy atom. The number of alkyl halides is 1. The average Bonchev–Trinajstić information content (AvgIpc) is 2.36. The summed E-state index contributed by atoms with van der Waals surface area (Å²) in [5.74, 6) is -0.182. The van der Waals surface area contributed by atoms with Crippen LogP contribution in [0.25, 0.3) is 0 Å². The van der Waals surface area contributed by atoms with Gasteiger partial charge in [-0.25, -0.2) is 4.39 Å². The molecule has 1 nitrogen and oxygen atoms in total. The monoisotopic (exact) mass is 284 g/mol. The zero-order chi connectivity index (χ0) is 13.8. The zero-order valence-electron chi connectivity index (χ0n) is 11.7. The molecule has 1 aliphatic heterocycles. The summed E-state index contributed by atoms with van der Waals surface area (Å²) in [5.41, 5.74) is 2.98. The zero-order valence-corrected chi connectivity index (χ0v) is 12.5. The van der Waals surface area contributed by atoms with Crippen molar-refractivity contribution in [2.75, 3.05) is 6.61 Å². The van der Waals surface area contributed by atoms with Crippen molar-refractivity contribution in [3.63, 3.8) is 0 Å². The Balaban J connectivity index is 1.97. The highest BCUT2D eigenvalue weighted by Gasteiger charge is 2.19. The van der Waals surface area contributed by atoms with Gasteiger partial charge in [0, 0.05) is 6.61 Å². The molecule has 0 aromatic heterocycles. The fourth-order valence-electron chi connectivity index (χ4n) is 2.93. The summed E-state index contributed by atoms with van der Waals surface area (Å²) in [6.07, 6.45) is 5.81. The molecule has 2 atom stereocenters. The van der Waals surface area contributed by atoms with E-state index in [4.69, 9.17) is 16.3 Å². The van der Waals surface area contributed by atoms with Crippen molar-refractivity contribution >= 4 is 11.6 Å². The van der Waals surface area contributed by atoms with Crippen LogP contribution in [0.15, 0.2) is 12.1 Å². The normalized spacial score (nSPS) is 21.4. The number of hydrogen-bond acceptors (Lipinski definition) is 1. The first kappa shape index (κ1) is 14.8. The van der Waals surface area contributed by atoms with E-state index in [1.165, 1.54) is 12.8 Å². The molecule has 0 bridgehead atoms. The number of aryl methyl sites for hydroxylation is 2. The molecule has 1 aliphatic rings. The van der Waals surface area contributed by atoms with Gasteiger partial charge >= 0.3 is 0 Å². The third-order valence-electron chi connectivity index (χ3n) is 3.89. The maximum atomic E-state index is 13.3. The minimum atomic E-state index is -0.182. The molecule has 0 saturated carbocycles. The molecule has 2 unspecified atom stereocenters. The minimum absolute atomic E-state index is 0.0499. The van der Waals surface area contributed by atoms with Gasteiger partial charge in [0.25, 0.3) is 0 Å². The van der Waals surface area contributed by atoms with Crippen LogP contribution in [0.3, 0.4) is 0 Å². The molecule has 3 heteroatoms. The third-order valence-corrected chi connectivity index (χ3v) is 4.32. The molecule has 0 aliphatic carbocycles. The summed E-state index contributed by atoms with van der Waals surface area (Å²) >= 11 is 6.51. The Morgan fingerprint density at radius 3 is 2.58 bits per heavy atom. The quantitative estimate of drug-likeness (QED) is 0.701. The maximum absolute atomic E-state index is 13.3. The molecule has 0 N–H and O–H groups in total. The molecule has 1 fully saturated rings. The van der Waals surface area contributed by atoms with Gasteiger partial charge in [-0.15, -0.1) is 11.6 Å². The van der Waals surface area contributed by atoms with E-state index >= 15 is 0 Å². The van der Waals surface area contributed by atoms with Crippen molar-refractivity contribution in [2.24, 2.45) is 0 Å². The summed E-state index contributed by atoms with van der Waals surface area (Å²) < 4.78 is 19.0. The first-order valence-electron chi connectivity index (χ1n) is 7.10. The number of ether oxygens (including phenoxy) is 1. The lowest BCUT2D eigenvalue weighted by molar-refractivity contribution is 0.00999. The Bertz CT molecular complexity index is 404.